The van der Waals surface area contributed by atoms with Gasteiger partial charge in [-0.05, 0) is 0 Å². The lowest BCUT2D eigenvalue weighted by Crippen LogP contribution is -2.24. The average molecular weight is 163 g/mol. The molecule has 6 heteroatoms. The molecule has 1 aliphatic heterocycles. The van der Waals surface area contributed by atoms with E-state index in [2.05, 4.69) is 0 Å². The molecule has 10 heavy (non-hydrogen) atoms. The van der Waals surface area contributed by atoms with Gasteiger partial charge in [-0.15, -0.1) is 0 Å². The SMILES string of the molecule is O=[N+]([O-])C1C=CCS1(=O)=O. The first-order valence-electron chi connectivity index (χ1n) is 2.56. The minimum atomic E-state index is -3.50. The van der Waals surface area contributed by atoms with E-state index in [0.717, 1.165) is 6.08 Å². The smallest absolute Gasteiger partial charge is 0.263 e. The number of hydrogen-bond donors (Lipinski definition) is 0. The Bertz CT molecular complexity index is 278. The van der Waals surface area contributed by atoms with Crippen LogP contribution in [-0.2, 0) is 9.84 Å². The zero-order chi connectivity index (χ0) is 7.78. The van der Waals surface area contributed by atoms with Gasteiger partial charge in [0.15, 0.2) is 0 Å². The highest BCUT2D eigenvalue weighted by atomic mass is 32.2. The summed E-state index contributed by atoms with van der Waals surface area (Å²) in [5.74, 6) is -0.210. The van der Waals surface area contributed by atoms with Crippen molar-refractivity contribution in [1.82, 2.24) is 0 Å². The van der Waals surface area contributed by atoms with Crippen LogP contribution < -0.4 is 0 Å². The number of sulfone groups is 1. The van der Waals surface area contributed by atoms with Crippen LogP contribution in [0.4, 0.5) is 0 Å². The molecule has 0 saturated heterocycles. The highest BCUT2D eigenvalue weighted by Gasteiger charge is 2.36. The summed E-state index contributed by atoms with van der Waals surface area (Å²) in [7, 11) is -3.50. The van der Waals surface area contributed by atoms with Crippen LogP contribution >= 0.6 is 0 Å². The van der Waals surface area contributed by atoms with Crippen molar-refractivity contribution in [2.75, 3.05) is 5.75 Å². The lowest BCUT2D eigenvalue weighted by atomic mass is 10.5. The highest BCUT2D eigenvalue weighted by Crippen LogP contribution is 2.12. The van der Waals surface area contributed by atoms with Crippen LogP contribution in [0.15, 0.2) is 12.2 Å². The van der Waals surface area contributed by atoms with Crippen molar-refractivity contribution in [3.63, 3.8) is 0 Å². The second-order valence-corrected chi connectivity index (χ2v) is 4.08. The molecule has 0 aromatic rings. The van der Waals surface area contributed by atoms with Crippen LogP contribution in [0.5, 0.6) is 0 Å². The van der Waals surface area contributed by atoms with Crippen LogP contribution in [0.3, 0.4) is 0 Å². The first kappa shape index (κ1) is 7.20. The third-order valence-corrected chi connectivity index (χ3v) is 2.93. The van der Waals surface area contributed by atoms with E-state index in [1.165, 1.54) is 6.08 Å². The van der Waals surface area contributed by atoms with Gasteiger partial charge in [0, 0.05) is 11.0 Å². The zero-order valence-electron chi connectivity index (χ0n) is 4.93. The molecule has 0 radical (unpaired) electrons. The normalized spacial score (nSPS) is 28.6. The minimum absolute atomic E-state index is 0.210. The van der Waals surface area contributed by atoms with Crippen molar-refractivity contribution < 1.29 is 13.3 Å². The van der Waals surface area contributed by atoms with Crippen molar-refractivity contribution in [3.05, 3.63) is 22.3 Å². The largest absolute Gasteiger partial charge is 0.328 e. The van der Waals surface area contributed by atoms with Crippen molar-refractivity contribution in [2.24, 2.45) is 0 Å². The van der Waals surface area contributed by atoms with Crippen LogP contribution in [0.25, 0.3) is 0 Å². The van der Waals surface area contributed by atoms with Gasteiger partial charge >= 0.3 is 5.37 Å². The van der Waals surface area contributed by atoms with Crippen molar-refractivity contribution in [1.29, 1.82) is 0 Å². The van der Waals surface area contributed by atoms with Gasteiger partial charge in [0.05, 0.1) is 5.75 Å². The minimum Gasteiger partial charge on any atom is -0.263 e. The van der Waals surface area contributed by atoms with Gasteiger partial charge in [-0.25, -0.2) is 8.42 Å². The van der Waals surface area contributed by atoms with Gasteiger partial charge in [-0.2, -0.15) is 0 Å². The maximum absolute atomic E-state index is 10.7. The molecule has 0 N–H and O–H groups in total. The van der Waals surface area contributed by atoms with E-state index in [9.17, 15) is 18.5 Å². The molecule has 1 heterocycles. The summed E-state index contributed by atoms with van der Waals surface area (Å²) < 4.78 is 21.4. The quantitative estimate of drug-likeness (QED) is 0.298. The maximum atomic E-state index is 10.7. The van der Waals surface area contributed by atoms with Gasteiger partial charge < -0.3 is 0 Å². The first-order valence-corrected chi connectivity index (χ1v) is 4.27. The fourth-order valence-corrected chi connectivity index (χ4v) is 1.92. The van der Waals surface area contributed by atoms with Crippen LogP contribution in [-0.4, -0.2) is 24.5 Å². The van der Waals surface area contributed by atoms with Gasteiger partial charge in [0.2, 0.25) is 9.84 Å². The summed E-state index contributed by atoms with van der Waals surface area (Å²) in [4.78, 5) is 9.19. The number of rotatable bonds is 1. The molecule has 0 bridgehead atoms. The molecule has 1 unspecified atom stereocenters. The topological polar surface area (TPSA) is 77.3 Å². The molecule has 0 aliphatic carbocycles. The predicted molar refractivity (Wildman–Crippen MR) is 33.7 cm³/mol. The van der Waals surface area contributed by atoms with E-state index in [0.29, 0.717) is 0 Å². The fraction of sp³-hybridized carbons (Fsp3) is 0.500. The third kappa shape index (κ3) is 1.02. The Kier molecular flexibility index (Phi) is 1.47. The molecule has 0 fully saturated rings. The standard InChI is InChI=1S/C4H5NO4S/c6-5(7)4-2-1-3-10(4,8)9/h1-2,4H,3H2. The summed E-state index contributed by atoms with van der Waals surface area (Å²) in [6.07, 6.45) is 2.39. The predicted octanol–water partition coefficient (Wildman–Crippen LogP) is -0.426. The van der Waals surface area contributed by atoms with Crippen molar-refractivity contribution in [3.8, 4) is 0 Å². The van der Waals surface area contributed by atoms with E-state index in [-0.39, 0.29) is 5.75 Å². The summed E-state index contributed by atoms with van der Waals surface area (Å²) in [6.45, 7) is 0. The summed E-state index contributed by atoms with van der Waals surface area (Å²) >= 11 is 0. The number of nitrogens with zero attached hydrogens (tertiary/aromatic N) is 1. The Labute approximate surface area is 57.4 Å². The summed E-state index contributed by atoms with van der Waals surface area (Å²) in [5, 5.41) is 8.49. The van der Waals surface area contributed by atoms with Crippen LogP contribution in [0.1, 0.15) is 0 Å². The van der Waals surface area contributed by atoms with Gasteiger partial charge in [0.1, 0.15) is 0 Å². The highest BCUT2D eigenvalue weighted by molar-refractivity contribution is 7.92. The second-order valence-electron chi connectivity index (χ2n) is 1.93. The lowest BCUT2D eigenvalue weighted by Gasteiger charge is -1.96. The molecule has 1 rings (SSSR count). The summed E-state index contributed by atoms with van der Waals surface area (Å²) in [6, 6.07) is 0. The van der Waals surface area contributed by atoms with E-state index >= 15 is 0 Å². The Morgan fingerprint density at radius 1 is 1.60 bits per heavy atom. The van der Waals surface area contributed by atoms with E-state index in [1.807, 2.05) is 0 Å². The molecule has 1 aliphatic rings. The molecule has 0 aromatic heterocycles. The second kappa shape index (κ2) is 2.05. The van der Waals surface area contributed by atoms with Crippen molar-refractivity contribution in [2.45, 2.75) is 5.37 Å². The Hall–Kier alpha value is -0.910. The monoisotopic (exact) mass is 163 g/mol. The van der Waals surface area contributed by atoms with Gasteiger partial charge in [-0.1, -0.05) is 6.08 Å². The van der Waals surface area contributed by atoms with E-state index < -0.39 is 20.1 Å². The van der Waals surface area contributed by atoms with Crippen LogP contribution in [0, 0.1) is 10.1 Å². The van der Waals surface area contributed by atoms with Crippen molar-refractivity contribution >= 4 is 9.84 Å². The molecule has 1 atom stereocenters. The Morgan fingerprint density at radius 2 is 2.20 bits per heavy atom. The Balaban J connectivity index is 2.99. The molecule has 5 nitrogen and oxygen atoms in total. The molecular formula is C4H5NO4S. The summed E-state index contributed by atoms with van der Waals surface area (Å²) in [5.41, 5.74) is 0. The van der Waals surface area contributed by atoms with Gasteiger partial charge in [0.25, 0.3) is 0 Å². The molecular weight excluding hydrogens is 158 g/mol. The molecule has 0 spiro atoms. The lowest BCUT2D eigenvalue weighted by molar-refractivity contribution is -0.484. The van der Waals surface area contributed by atoms with Gasteiger partial charge in [-0.3, -0.25) is 10.1 Å². The van der Waals surface area contributed by atoms with E-state index in [4.69, 9.17) is 0 Å². The molecule has 56 valence electrons. The third-order valence-electron chi connectivity index (χ3n) is 1.20. The fourth-order valence-electron chi connectivity index (χ4n) is 0.726. The molecule has 0 saturated carbocycles. The Morgan fingerprint density at radius 3 is 2.40 bits per heavy atom. The average Bonchev–Trinajstić information content (AvgIpc) is 2.08. The number of nitro groups is 1. The number of hydrogen-bond acceptors (Lipinski definition) is 4. The van der Waals surface area contributed by atoms with Crippen LogP contribution in [0.2, 0.25) is 0 Å². The maximum Gasteiger partial charge on any atom is 0.328 e. The molecule has 0 aromatic carbocycles. The zero-order valence-corrected chi connectivity index (χ0v) is 5.74. The van der Waals surface area contributed by atoms with E-state index in [1.54, 1.807) is 0 Å². The molecule has 0 amide bonds. The first-order chi connectivity index (χ1) is 4.54.